The highest BCUT2D eigenvalue weighted by Crippen LogP contribution is 2.24. The second kappa shape index (κ2) is 7.46. The van der Waals surface area contributed by atoms with Crippen LogP contribution in [-0.4, -0.2) is 56.7 Å². The van der Waals surface area contributed by atoms with Crippen LogP contribution in [0, 0.1) is 6.92 Å². The molecule has 0 bridgehead atoms. The van der Waals surface area contributed by atoms with E-state index in [0.717, 1.165) is 47.0 Å². The van der Waals surface area contributed by atoms with E-state index in [1.807, 2.05) is 49.3 Å². The van der Waals surface area contributed by atoms with Crippen molar-refractivity contribution >= 4 is 28.4 Å². The summed E-state index contributed by atoms with van der Waals surface area (Å²) in [5.74, 6) is 1.80. The van der Waals surface area contributed by atoms with E-state index in [1.54, 1.807) is 4.68 Å². The van der Waals surface area contributed by atoms with E-state index >= 15 is 0 Å². The number of piperazine rings is 1. The fourth-order valence-corrected chi connectivity index (χ4v) is 3.68. The number of para-hydroxylation sites is 1. The standard InChI is InChI=1S/C20H25N7O/c1-14-23-19-16(13-22-25(19)2)20(24-14)27-11-9-26(10-12-27)18(28)8-7-15-5-3-4-6-17(15)21/h3-6,13H,7-12,21H2,1-2H3. The Balaban J connectivity index is 1.40. The van der Waals surface area contributed by atoms with E-state index in [4.69, 9.17) is 5.73 Å². The highest BCUT2D eigenvalue weighted by atomic mass is 16.2. The number of hydrogen-bond donors (Lipinski definition) is 1. The van der Waals surface area contributed by atoms with E-state index in [2.05, 4.69) is 20.0 Å². The topological polar surface area (TPSA) is 93.2 Å². The fraction of sp³-hybridized carbons (Fsp3) is 0.400. The third-order valence-corrected chi connectivity index (χ3v) is 5.28. The molecule has 1 aliphatic heterocycles. The Morgan fingerprint density at radius 3 is 2.64 bits per heavy atom. The first-order chi connectivity index (χ1) is 13.5. The zero-order chi connectivity index (χ0) is 19.7. The molecule has 0 unspecified atom stereocenters. The molecule has 2 N–H and O–H groups in total. The van der Waals surface area contributed by atoms with Crippen LogP contribution < -0.4 is 10.6 Å². The molecule has 1 aliphatic rings. The van der Waals surface area contributed by atoms with Crippen LogP contribution in [0.5, 0.6) is 0 Å². The lowest BCUT2D eigenvalue weighted by Crippen LogP contribution is -2.49. The number of nitrogen functional groups attached to an aromatic ring is 1. The van der Waals surface area contributed by atoms with Crippen LogP contribution >= 0.6 is 0 Å². The molecule has 8 nitrogen and oxygen atoms in total. The molecule has 2 aromatic heterocycles. The number of anilines is 2. The van der Waals surface area contributed by atoms with Crippen molar-refractivity contribution in [3.8, 4) is 0 Å². The molecule has 146 valence electrons. The maximum atomic E-state index is 12.6. The highest BCUT2D eigenvalue weighted by Gasteiger charge is 2.24. The van der Waals surface area contributed by atoms with Gasteiger partial charge in [-0.05, 0) is 25.0 Å². The maximum absolute atomic E-state index is 12.6. The molecule has 8 heteroatoms. The first kappa shape index (κ1) is 18.2. The number of nitrogens with zero attached hydrogens (tertiary/aromatic N) is 6. The molecular formula is C20H25N7O. The molecule has 1 saturated heterocycles. The molecule has 0 aliphatic carbocycles. The third-order valence-electron chi connectivity index (χ3n) is 5.28. The van der Waals surface area contributed by atoms with Crippen LogP contribution in [0.15, 0.2) is 30.5 Å². The van der Waals surface area contributed by atoms with Gasteiger partial charge < -0.3 is 15.5 Å². The van der Waals surface area contributed by atoms with Gasteiger partial charge in [-0.3, -0.25) is 9.48 Å². The molecule has 1 aromatic carbocycles. The van der Waals surface area contributed by atoms with Crippen molar-refractivity contribution in [1.29, 1.82) is 0 Å². The smallest absolute Gasteiger partial charge is 0.223 e. The lowest BCUT2D eigenvalue weighted by Gasteiger charge is -2.35. The first-order valence-corrected chi connectivity index (χ1v) is 9.55. The van der Waals surface area contributed by atoms with Gasteiger partial charge in [-0.25, -0.2) is 9.97 Å². The van der Waals surface area contributed by atoms with Crippen LogP contribution in [-0.2, 0) is 18.3 Å². The van der Waals surface area contributed by atoms with Crippen LogP contribution in [0.4, 0.5) is 11.5 Å². The Bertz CT molecular complexity index is 1000. The van der Waals surface area contributed by atoms with E-state index in [-0.39, 0.29) is 5.91 Å². The number of rotatable bonds is 4. The second-order valence-electron chi connectivity index (χ2n) is 7.17. The number of aromatic nitrogens is 4. The number of benzene rings is 1. The molecule has 3 heterocycles. The minimum atomic E-state index is 0.174. The van der Waals surface area contributed by atoms with Crippen LogP contribution in [0.2, 0.25) is 0 Å². The predicted octanol–water partition coefficient (Wildman–Crippen LogP) is 1.54. The monoisotopic (exact) mass is 379 g/mol. The average molecular weight is 379 g/mol. The first-order valence-electron chi connectivity index (χ1n) is 9.55. The molecule has 4 rings (SSSR count). The molecular weight excluding hydrogens is 354 g/mol. The van der Waals surface area contributed by atoms with Gasteiger partial charge in [-0.2, -0.15) is 5.10 Å². The van der Waals surface area contributed by atoms with Gasteiger partial charge in [0, 0.05) is 45.3 Å². The number of carbonyl (C=O) groups excluding carboxylic acids is 1. The SMILES string of the molecule is Cc1nc(N2CCN(C(=O)CCc3ccccc3N)CC2)c2cnn(C)c2n1. The number of fused-ring (bicyclic) bond motifs is 1. The number of aryl methyl sites for hydroxylation is 3. The molecule has 0 radical (unpaired) electrons. The molecule has 1 amide bonds. The van der Waals surface area contributed by atoms with Crippen molar-refractivity contribution in [1.82, 2.24) is 24.6 Å². The second-order valence-corrected chi connectivity index (χ2v) is 7.17. The van der Waals surface area contributed by atoms with Gasteiger partial charge in [0.15, 0.2) is 5.65 Å². The van der Waals surface area contributed by atoms with E-state index < -0.39 is 0 Å². The van der Waals surface area contributed by atoms with Crippen molar-refractivity contribution in [2.75, 3.05) is 36.8 Å². The Hall–Kier alpha value is -3.16. The van der Waals surface area contributed by atoms with Crippen LogP contribution in [0.25, 0.3) is 11.0 Å². The average Bonchev–Trinajstić information content (AvgIpc) is 3.07. The molecule has 1 fully saturated rings. The molecule has 0 saturated carbocycles. The van der Waals surface area contributed by atoms with E-state index in [1.165, 1.54) is 0 Å². The lowest BCUT2D eigenvalue weighted by molar-refractivity contribution is -0.131. The van der Waals surface area contributed by atoms with Gasteiger partial charge in [0.05, 0.1) is 11.6 Å². The normalized spacial score (nSPS) is 14.6. The third kappa shape index (κ3) is 3.49. The summed E-state index contributed by atoms with van der Waals surface area (Å²) in [4.78, 5) is 25.9. The van der Waals surface area contributed by atoms with Gasteiger partial charge in [0.1, 0.15) is 11.6 Å². The molecule has 0 atom stereocenters. The van der Waals surface area contributed by atoms with E-state index in [9.17, 15) is 4.79 Å². The van der Waals surface area contributed by atoms with Crippen molar-refractivity contribution < 1.29 is 4.79 Å². The van der Waals surface area contributed by atoms with Crippen LogP contribution in [0.3, 0.4) is 0 Å². The number of carbonyl (C=O) groups is 1. The van der Waals surface area contributed by atoms with Crippen molar-refractivity contribution in [2.24, 2.45) is 7.05 Å². The van der Waals surface area contributed by atoms with Crippen molar-refractivity contribution in [3.05, 3.63) is 41.9 Å². The minimum absolute atomic E-state index is 0.174. The number of amides is 1. The van der Waals surface area contributed by atoms with Gasteiger partial charge >= 0.3 is 0 Å². The number of nitrogens with two attached hydrogens (primary N) is 1. The molecule has 3 aromatic rings. The zero-order valence-electron chi connectivity index (χ0n) is 16.3. The molecule has 0 spiro atoms. The summed E-state index contributed by atoms with van der Waals surface area (Å²) >= 11 is 0. The highest BCUT2D eigenvalue weighted by molar-refractivity contribution is 5.87. The predicted molar refractivity (Wildman–Crippen MR) is 109 cm³/mol. The Morgan fingerprint density at radius 2 is 1.89 bits per heavy atom. The summed E-state index contributed by atoms with van der Waals surface area (Å²) < 4.78 is 1.77. The summed E-state index contributed by atoms with van der Waals surface area (Å²) in [5, 5.41) is 5.26. The van der Waals surface area contributed by atoms with Crippen molar-refractivity contribution in [2.45, 2.75) is 19.8 Å². The lowest BCUT2D eigenvalue weighted by atomic mass is 10.1. The summed E-state index contributed by atoms with van der Waals surface area (Å²) in [6, 6.07) is 7.73. The van der Waals surface area contributed by atoms with Crippen LogP contribution in [0.1, 0.15) is 17.8 Å². The Labute approximate surface area is 164 Å². The fourth-order valence-electron chi connectivity index (χ4n) is 3.68. The summed E-state index contributed by atoms with van der Waals surface area (Å²) in [6.45, 7) is 4.77. The summed E-state index contributed by atoms with van der Waals surface area (Å²) in [7, 11) is 1.88. The van der Waals surface area contributed by atoms with Gasteiger partial charge in [0.2, 0.25) is 5.91 Å². The van der Waals surface area contributed by atoms with E-state index in [0.29, 0.717) is 25.9 Å². The number of hydrogen-bond acceptors (Lipinski definition) is 6. The zero-order valence-corrected chi connectivity index (χ0v) is 16.3. The van der Waals surface area contributed by atoms with Gasteiger partial charge in [-0.1, -0.05) is 18.2 Å². The summed E-state index contributed by atoms with van der Waals surface area (Å²) in [5.41, 5.74) is 8.59. The van der Waals surface area contributed by atoms with Crippen molar-refractivity contribution in [3.63, 3.8) is 0 Å². The Morgan fingerprint density at radius 1 is 1.14 bits per heavy atom. The maximum Gasteiger partial charge on any atom is 0.223 e. The van der Waals surface area contributed by atoms with Gasteiger partial charge in [0.25, 0.3) is 0 Å². The van der Waals surface area contributed by atoms with Gasteiger partial charge in [-0.15, -0.1) is 0 Å². The minimum Gasteiger partial charge on any atom is -0.399 e. The summed E-state index contributed by atoms with van der Waals surface area (Å²) in [6.07, 6.45) is 2.96. The quantitative estimate of drug-likeness (QED) is 0.691. The largest absolute Gasteiger partial charge is 0.399 e. The Kier molecular flexibility index (Phi) is 4.85. The molecule has 28 heavy (non-hydrogen) atoms.